The first-order valence-corrected chi connectivity index (χ1v) is 8.93. The number of likely N-dealkylation sites (tertiary alicyclic amines) is 1. The van der Waals surface area contributed by atoms with E-state index in [4.69, 9.17) is 0 Å². The molecule has 1 saturated carbocycles. The summed E-state index contributed by atoms with van der Waals surface area (Å²) >= 11 is 0. The standard InChI is InChI=1S/C19H28N2O2/c1-14-5-2-3-6-15(14)13-17-7-4-12-21(17)19(23)20-16-8-10-18(22)11-9-16/h2-3,5-6,16-18,22H,4,7-13H2,1H3,(H,20,23). The topological polar surface area (TPSA) is 52.6 Å². The number of hydrogen-bond donors (Lipinski definition) is 2. The van der Waals surface area contributed by atoms with Crippen LogP contribution in [0.5, 0.6) is 0 Å². The fourth-order valence-corrected chi connectivity index (χ4v) is 3.89. The van der Waals surface area contributed by atoms with Gasteiger partial charge in [0.2, 0.25) is 0 Å². The van der Waals surface area contributed by atoms with Gasteiger partial charge in [-0.15, -0.1) is 0 Å². The molecule has 2 aliphatic rings. The van der Waals surface area contributed by atoms with Crippen molar-refractivity contribution < 1.29 is 9.90 Å². The lowest BCUT2D eigenvalue weighted by molar-refractivity contribution is 0.114. The van der Waals surface area contributed by atoms with Crippen LogP contribution < -0.4 is 5.32 Å². The molecule has 4 nitrogen and oxygen atoms in total. The van der Waals surface area contributed by atoms with Gasteiger partial charge in [0.05, 0.1) is 6.10 Å². The van der Waals surface area contributed by atoms with Crippen molar-refractivity contribution in [3.05, 3.63) is 35.4 Å². The van der Waals surface area contributed by atoms with E-state index in [1.165, 1.54) is 11.1 Å². The molecule has 1 atom stereocenters. The third kappa shape index (κ3) is 4.05. The number of hydrogen-bond acceptors (Lipinski definition) is 2. The second-order valence-electron chi connectivity index (χ2n) is 7.07. The monoisotopic (exact) mass is 316 g/mol. The quantitative estimate of drug-likeness (QED) is 0.900. The van der Waals surface area contributed by atoms with Gasteiger partial charge in [-0.05, 0) is 63.0 Å². The summed E-state index contributed by atoms with van der Waals surface area (Å²) in [5.41, 5.74) is 2.65. The maximum atomic E-state index is 12.6. The Balaban J connectivity index is 1.58. The van der Waals surface area contributed by atoms with E-state index in [9.17, 15) is 9.90 Å². The summed E-state index contributed by atoms with van der Waals surface area (Å²) < 4.78 is 0. The number of aliphatic hydroxyl groups is 1. The molecule has 1 aliphatic heterocycles. The van der Waals surface area contributed by atoms with Crippen LogP contribution in [0.15, 0.2) is 24.3 Å². The van der Waals surface area contributed by atoms with E-state index in [1.54, 1.807) is 0 Å². The average molecular weight is 316 g/mol. The molecule has 0 radical (unpaired) electrons. The molecule has 1 aliphatic carbocycles. The van der Waals surface area contributed by atoms with Gasteiger partial charge in [-0.25, -0.2) is 4.79 Å². The molecule has 2 amide bonds. The van der Waals surface area contributed by atoms with Gasteiger partial charge >= 0.3 is 6.03 Å². The number of urea groups is 1. The molecular formula is C19H28N2O2. The van der Waals surface area contributed by atoms with Gasteiger partial charge in [0.15, 0.2) is 0 Å². The zero-order valence-electron chi connectivity index (χ0n) is 14.0. The van der Waals surface area contributed by atoms with Crippen molar-refractivity contribution in [2.24, 2.45) is 0 Å². The zero-order chi connectivity index (χ0) is 16.2. The highest BCUT2D eigenvalue weighted by Gasteiger charge is 2.31. The molecule has 0 spiro atoms. The Morgan fingerprint density at radius 2 is 1.96 bits per heavy atom. The van der Waals surface area contributed by atoms with Crippen molar-refractivity contribution in [2.45, 2.75) is 70.1 Å². The first-order chi connectivity index (χ1) is 11.1. The molecule has 1 saturated heterocycles. The van der Waals surface area contributed by atoms with E-state index in [1.807, 2.05) is 4.90 Å². The number of benzene rings is 1. The van der Waals surface area contributed by atoms with Crippen molar-refractivity contribution in [1.82, 2.24) is 10.2 Å². The number of rotatable bonds is 3. The summed E-state index contributed by atoms with van der Waals surface area (Å²) in [6.07, 6.45) is 6.34. The van der Waals surface area contributed by atoms with E-state index in [2.05, 4.69) is 36.5 Å². The molecule has 126 valence electrons. The summed E-state index contributed by atoms with van der Waals surface area (Å²) in [6, 6.07) is 9.08. The van der Waals surface area contributed by atoms with Gasteiger partial charge in [-0.3, -0.25) is 0 Å². The predicted octanol–water partition coefficient (Wildman–Crippen LogP) is 3.02. The van der Waals surface area contributed by atoms with Gasteiger partial charge in [0, 0.05) is 18.6 Å². The van der Waals surface area contributed by atoms with Crippen molar-refractivity contribution in [2.75, 3.05) is 6.54 Å². The third-order valence-corrected chi connectivity index (χ3v) is 5.38. The van der Waals surface area contributed by atoms with Crippen molar-refractivity contribution >= 4 is 6.03 Å². The van der Waals surface area contributed by atoms with Crippen LogP contribution >= 0.6 is 0 Å². The summed E-state index contributed by atoms with van der Waals surface area (Å²) in [7, 11) is 0. The smallest absolute Gasteiger partial charge is 0.317 e. The molecule has 2 fully saturated rings. The normalized spacial score (nSPS) is 27.9. The van der Waals surface area contributed by atoms with Crippen LogP contribution in [0.4, 0.5) is 4.79 Å². The van der Waals surface area contributed by atoms with Crippen molar-refractivity contribution in [1.29, 1.82) is 0 Å². The zero-order valence-corrected chi connectivity index (χ0v) is 14.0. The lowest BCUT2D eigenvalue weighted by atomic mass is 9.93. The SMILES string of the molecule is Cc1ccccc1CC1CCCN1C(=O)NC1CCC(O)CC1. The van der Waals surface area contributed by atoms with E-state index in [-0.39, 0.29) is 18.2 Å². The second kappa shape index (κ2) is 7.35. The van der Waals surface area contributed by atoms with Gasteiger partial charge in [-0.2, -0.15) is 0 Å². The Hall–Kier alpha value is -1.55. The Morgan fingerprint density at radius 3 is 2.70 bits per heavy atom. The van der Waals surface area contributed by atoms with Crippen LogP contribution in [0.3, 0.4) is 0 Å². The summed E-state index contributed by atoms with van der Waals surface area (Å²) in [6.45, 7) is 3.00. The molecule has 3 rings (SSSR count). The van der Waals surface area contributed by atoms with Crippen LogP contribution in [-0.2, 0) is 6.42 Å². The van der Waals surface area contributed by atoms with Gasteiger partial charge < -0.3 is 15.3 Å². The minimum absolute atomic E-state index is 0.0856. The maximum Gasteiger partial charge on any atom is 0.317 e. The number of carbonyl (C=O) groups excluding carboxylic acids is 1. The van der Waals surface area contributed by atoms with Crippen LogP contribution in [0.1, 0.15) is 49.7 Å². The Morgan fingerprint density at radius 1 is 1.22 bits per heavy atom. The average Bonchev–Trinajstić information content (AvgIpc) is 3.00. The van der Waals surface area contributed by atoms with Crippen LogP contribution in [0.2, 0.25) is 0 Å². The molecule has 23 heavy (non-hydrogen) atoms. The minimum Gasteiger partial charge on any atom is -0.393 e. The van der Waals surface area contributed by atoms with Crippen LogP contribution in [0.25, 0.3) is 0 Å². The lowest BCUT2D eigenvalue weighted by Crippen LogP contribution is -2.48. The van der Waals surface area contributed by atoms with Gasteiger partial charge in [-0.1, -0.05) is 24.3 Å². The lowest BCUT2D eigenvalue weighted by Gasteiger charge is -2.31. The number of nitrogens with one attached hydrogen (secondary N) is 1. The molecule has 0 bridgehead atoms. The number of carbonyl (C=O) groups is 1. The number of nitrogens with zero attached hydrogens (tertiary/aromatic N) is 1. The molecular weight excluding hydrogens is 288 g/mol. The summed E-state index contributed by atoms with van der Waals surface area (Å²) in [4.78, 5) is 14.7. The van der Waals surface area contributed by atoms with Gasteiger partial charge in [0.25, 0.3) is 0 Å². The number of aliphatic hydroxyl groups excluding tert-OH is 1. The van der Waals surface area contributed by atoms with E-state index < -0.39 is 0 Å². The predicted molar refractivity (Wildman–Crippen MR) is 91.4 cm³/mol. The minimum atomic E-state index is -0.177. The molecule has 1 aromatic rings. The Bertz CT molecular complexity index is 538. The Labute approximate surface area is 138 Å². The highest BCUT2D eigenvalue weighted by atomic mass is 16.3. The van der Waals surface area contributed by atoms with Gasteiger partial charge in [0.1, 0.15) is 0 Å². The molecule has 1 heterocycles. The first-order valence-electron chi connectivity index (χ1n) is 8.93. The van der Waals surface area contributed by atoms with E-state index in [0.717, 1.165) is 51.5 Å². The fraction of sp³-hybridized carbons (Fsp3) is 0.632. The largest absolute Gasteiger partial charge is 0.393 e. The Kier molecular flexibility index (Phi) is 5.21. The van der Waals surface area contributed by atoms with Crippen LogP contribution in [-0.4, -0.2) is 40.8 Å². The highest BCUT2D eigenvalue weighted by molar-refractivity contribution is 5.75. The molecule has 1 unspecified atom stereocenters. The molecule has 1 aromatic carbocycles. The van der Waals surface area contributed by atoms with Crippen molar-refractivity contribution in [3.8, 4) is 0 Å². The fourth-order valence-electron chi connectivity index (χ4n) is 3.89. The second-order valence-corrected chi connectivity index (χ2v) is 7.07. The maximum absolute atomic E-state index is 12.6. The van der Waals surface area contributed by atoms with Crippen molar-refractivity contribution in [3.63, 3.8) is 0 Å². The van der Waals surface area contributed by atoms with E-state index in [0.29, 0.717) is 6.04 Å². The third-order valence-electron chi connectivity index (χ3n) is 5.38. The summed E-state index contributed by atoms with van der Waals surface area (Å²) in [5, 5.41) is 12.8. The summed E-state index contributed by atoms with van der Waals surface area (Å²) in [5.74, 6) is 0. The molecule has 4 heteroatoms. The molecule has 2 N–H and O–H groups in total. The number of aryl methyl sites for hydroxylation is 1. The van der Waals surface area contributed by atoms with Crippen LogP contribution in [0, 0.1) is 6.92 Å². The first kappa shape index (κ1) is 16.3. The number of amides is 2. The molecule has 0 aromatic heterocycles. The van der Waals surface area contributed by atoms with E-state index >= 15 is 0 Å². The highest BCUT2D eigenvalue weighted by Crippen LogP contribution is 2.24.